The van der Waals surface area contributed by atoms with Crippen LogP contribution in [-0.4, -0.2) is 21.0 Å². The fourth-order valence-corrected chi connectivity index (χ4v) is 3.39. The summed E-state index contributed by atoms with van der Waals surface area (Å²) in [6, 6.07) is 3.34. The molecule has 1 atom stereocenters. The van der Waals surface area contributed by atoms with Crippen LogP contribution in [0.3, 0.4) is 0 Å². The van der Waals surface area contributed by atoms with Gasteiger partial charge in [-0.05, 0) is 42.5 Å². The first kappa shape index (κ1) is 17.1. The van der Waals surface area contributed by atoms with Crippen molar-refractivity contribution in [2.75, 3.05) is 6.54 Å². The van der Waals surface area contributed by atoms with Crippen LogP contribution in [0.15, 0.2) is 23.1 Å². The fourth-order valence-electron chi connectivity index (χ4n) is 2.07. The molecule has 0 aliphatic heterocycles. The lowest BCUT2D eigenvalue weighted by Gasteiger charge is -2.23. The lowest BCUT2D eigenvalue weighted by atomic mass is 9.88. The van der Waals surface area contributed by atoms with Crippen LogP contribution in [0.2, 0.25) is 0 Å². The number of nitrogens with one attached hydrogen (secondary N) is 1. The van der Waals surface area contributed by atoms with Gasteiger partial charge in [-0.1, -0.05) is 20.8 Å². The third kappa shape index (κ3) is 5.19. The highest BCUT2D eigenvalue weighted by Crippen LogP contribution is 2.20. The molecule has 0 aliphatic rings. The number of aryl methyl sites for hydroxylation is 1. The molecule has 0 fully saturated rings. The van der Waals surface area contributed by atoms with Gasteiger partial charge in [0.1, 0.15) is 5.82 Å². The minimum absolute atomic E-state index is 0.0383. The van der Waals surface area contributed by atoms with Crippen LogP contribution >= 0.6 is 0 Å². The highest BCUT2D eigenvalue weighted by Gasteiger charge is 2.20. The van der Waals surface area contributed by atoms with E-state index in [1.54, 1.807) is 6.92 Å². The van der Waals surface area contributed by atoms with Gasteiger partial charge in [0.2, 0.25) is 10.0 Å². The van der Waals surface area contributed by atoms with Gasteiger partial charge in [-0.3, -0.25) is 0 Å². The minimum Gasteiger partial charge on any atom is -0.326 e. The Morgan fingerprint density at radius 2 is 1.95 bits per heavy atom. The van der Waals surface area contributed by atoms with Crippen molar-refractivity contribution in [3.8, 4) is 0 Å². The van der Waals surface area contributed by atoms with Crippen LogP contribution in [0.1, 0.15) is 32.8 Å². The zero-order valence-corrected chi connectivity index (χ0v) is 13.2. The van der Waals surface area contributed by atoms with Gasteiger partial charge < -0.3 is 5.73 Å². The number of nitrogens with two attached hydrogens (primary N) is 1. The summed E-state index contributed by atoms with van der Waals surface area (Å²) >= 11 is 0. The van der Waals surface area contributed by atoms with Gasteiger partial charge in [0.05, 0.1) is 4.90 Å². The van der Waals surface area contributed by atoms with Crippen LogP contribution in [0.5, 0.6) is 0 Å². The van der Waals surface area contributed by atoms with Crippen molar-refractivity contribution in [3.05, 3.63) is 29.6 Å². The highest BCUT2D eigenvalue weighted by molar-refractivity contribution is 7.89. The average Bonchev–Trinajstić information content (AvgIpc) is 2.23. The Hall–Kier alpha value is -0.980. The summed E-state index contributed by atoms with van der Waals surface area (Å²) in [6.07, 6.45) is 0.706. The highest BCUT2D eigenvalue weighted by atomic mass is 32.2. The van der Waals surface area contributed by atoms with Crippen molar-refractivity contribution in [1.82, 2.24) is 4.72 Å². The minimum atomic E-state index is -3.66. The summed E-state index contributed by atoms with van der Waals surface area (Å²) in [7, 11) is -3.66. The second-order valence-corrected chi connectivity index (χ2v) is 8.02. The van der Waals surface area contributed by atoms with Crippen molar-refractivity contribution in [3.63, 3.8) is 0 Å². The Morgan fingerprint density at radius 3 is 2.45 bits per heavy atom. The Labute approximate surface area is 120 Å². The molecule has 0 saturated carbocycles. The molecule has 0 spiro atoms. The van der Waals surface area contributed by atoms with Gasteiger partial charge in [-0.2, -0.15) is 0 Å². The van der Waals surface area contributed by atoms with Crippen LogP contribution < -0.4 is 10.5 Å². The van der Waals surface area contributed by atoms with Gasteiger partial charge in [0, 0.05) is 12.6 Å². The molecule has 0 amide bonds. The van der Waals surface area contributed by atoms with Gasteiger partial charge in [0.25, 0.3) is 0 Å². The van der Waals surface area contributed by atoms with Crippen molar-refractivity contribution < 1.29 is 12.8 Å². The molecule has 0 bridgehead atoms. The number of benzene rings is 1. The zero-order valence-electron chi connectivity index (χ0n) is 12.4. The van der Waals surface area contributed by atoms with E-state index in [-0.39, 0.29) is 22.9 Å². The molecule has 0 heterocycles. The molecule has 6 heteroatoms. The molecule has 0 saturated heterocycles. The van der Waals surface area contributed by atoms with Crippen LogP contribution in [0, 0.1) is 18.2 Å². The largest absolute Gasteiger partial charge is 0.326 e. The second-order valence-electron chi connectivity index (χ2n) is 6.29. The molecule has 3 N–H and O–H groups in total. The molecule has 0 aliphatic carbocycles. The van der Waals surface area contributed by atoms with Crippen LogP contribution in [0.25, 0.3) is 0 Å². The molecule has 0 radical (unpaired) electrons. The van der Waals surface area contributed by atoms with E-state index in [0.717, 1.165) is 6.07 Å². The normalized spacial score (nSPS) is 14.3. The molecule has 1 unspecified atom stereocenters. The van der Waals surface area contributed by atoms with Crippen molar-refractivity contribution >= 4 is 10.0 Å². The summed E-state index contributed by atoms with van der Waals surface area (Å²) < 4.78 is 39.8. The Bertz CT molecular complexity index is 565. The fraction of sp³-hybridized carbons (Fsp3) is 0.571. The van der Waals surface area contributed by atoms with Gasteiger partial charge >= 0.3 is 0 Å². The maximum Gasteiger partial charge on any atom is 0.240 e. The van der Waals surface area contributed by atoms with E-state index in [1.165, 1.54) is 12.1 Å². The van der Waals surface area contributed by atoms with E-state index in [2.05, 4.69) is 4.72 Å². The predicted octanol–water partition coefficient (Wildman–Crippen LogP) is 2.18. The number of hydrogen-bond donors (Lipinski definition) is 2. The summed E-state index contributed by atoms with van der Waals surface area (Å²) in [5, 5.41) is 0. The van der Waals surface area contributed by atoms with Crippen LogP contribution in [-0.2, 0) is 10.0 Å². The molecule has 0 aromatic heterocycles. The Balaban J connectivity index is 2.76. The topological polar surface area (TPSA) is 72.2 Å². The summed E-state index contributed by atoms with van der Waals surface area (Å²) in [5.41, 5.74) is 6.34. The monoisotopic (exact) mass is 302 g/mol. The number of hydrogen-bond acceptors (Lipinski definition) is 3. The lowest BCUT2D eigenvalue weighted by Crippen LogP contribution is -2.39. The molecule has 1 rings (SSSR count). The standard InChI is InChI=1S/C14H23FN2O2S/c1-10-7-11(15)5-6-13(10)20(18,19)17-9-12(16)8-14(2,3)4/h5-7,12,17H,8-9,16H2,1-4H3. The first-order valence-electron chi connectivity index (χ1n) is 6.53. The van der Waals surface area contributed by atoms with E-state index in [9.17, 15) is 12.8 Å². The third-order valence-electron chi connectivity index (χ3n) is 2.84. The quantitative estimate of drug-likeness (QED) is 0.875. The van der Waals surface area contributed by atoms with E-state index < -0.39 is 15.8 Å². The van der Waals surface area contributed by atoms with E-state index in [1.807, 2.05) is 20.8 Å². The Kier molecular flexibility index (Phi) is 5.29. The maximum atomic E-state index is 13.0. The summed E-state index contributed by atoms with van der Waals surface area (Å²) in [4.78, 5) is 0.0851. The second kappa shape index (κ2) is 6.20. The first-order chi connectivity index (χ1) is 9.01. The van der Waals surface area contributed by atoms with Crippen LogP contribution in [0.4, 0.5) is 4.39 Å². The molecule has 20 heavy (non-hydrogen) atoms. The number of sulfonamides is 1. The average molecular weight is 302 g/mol. The molecule has 114 valence electrons. The maximum absolute atomic E-state index is 13.0. The predicted molar refractivity (Wildman–Crippen MR) is 78.4 cm³/mol. The van der Waals surface area contributed by atoms with E-state index in [4.69, 9.17) is 5.73 Å². The van der Waals surface area contributed by atoms with E-state index in [0.29, 0.717) is 12.0 Å². The summed E-state index contributed by atoms with van der Waals surface area (Å²) in [5.74, 6) is -0.453. The van der Waals surface area contributed by atoms with Gasteiger partial charge in [-0.25, -0.2) is 17.5 Å². The summed E-state index contributed by atoms with van der Waals surface area (Å²) in [6.45, 7) is 7.87. The molecule has 4 nitrogen and oxygen atoms in total. The zero-order chi connectivity index (χ0) is 15.6. The van der Waals surface area contributed by atoms with Crippen molar-refractivity contribution in [1.29, 1.82) is 0 Å². The van der Waals surface area contributed by atoms with Crippen molar-refractivity contribution in [2.24, 2.45) is 11.1 Å². The van der Waals surface area contributed by atoms with Crippen molar-refractivity contribution in [2.45, 2.75) is 45.1 Å². The molecular weight excluding hydrogens is 279 g/mol. The number of rotatable bonds is 5. The van der Waals surface area contributed by atoms with Gasteiger partial charge in [-0.15, -0.1) is 0 Å². The van der Waals surface area contributed by atoms with E-state index >= 15 is 0 Å². The first-order valence-corrected chi connectivity index (χ1v) is 8.01. The third-order valence-corrected chi connectivity index (χ3v) is 4.42. The molecule has 1 aromatic carbocycles. The lowest BCUT2D eigenvalue weighted by molar-refractivity contribution is 0.338. The van der Waals surface area contributed by atoms with Gasteiger partial charge in [0.15, 0.2) is 0 Å². The Morgan fingerprint density at radius 1 is 1.35 bits per heavy atom. The number of halogens is 1. The smallest absolute Gasteiger partial charge is 0.240 e. The SMILES string of the molecule is Cc1cc(F)ccc1S(=O)(=O)NCC(N)CC(C)(C)C. The molecule has 1 aromatic rings. The molecular formula is C14H23FN2O2S.